The molecule has 1 saturated heterocycles. The molecule has 1 aromatic carbocycles. The molecule has 0 unspecified atom stereocenters. The van der Waals surface area contributed by atoms with Gasteiger partial charge >= 0.3 is 0 Å². The van der Waals surface area contributed by atoms with Crippen LogP contribution in [0.4, 0.5) is 0 Å². The molecule has 0 spiro atoms. The quantitative estimate of drug-likeness (QED) is 0.449. The zero-order valence-corrected chi connectivity index (χ0v) is 15.0. The molecule has 6 heteroatoms. The van der Waals surface area contributed by atoms with Crippen molar-refractivity contribution >= 4 is 0 Å². The van der Waals surface area contributed by atoms with Crippen LogP contribution in [0, 0.1) is 0 Å². The number of rotatable bonds is 10. The van der Waals surface area contributed by atoms with Gasteiger partial charge in [0.15, 0.2) is 11.5 Å². The predicted molar refractivity (Wildman–Crippen MR) is 92.0 cm³/mol. The van der Waals surface area contributed by atoms with Crippen molar-refractivity contribution in [1.82, 2.24) is 0 Å². The van der Waals surface area contributed by atoms with Crippen LogP contribution in [0.25, 0.3) is 0 Å². The topological polar surface area (TPSA) is 56.8 Å². The summed E-state index contributed by atoms with van der Waals surface area (Å²) in [4.78, 5) is 3.21. The number of benzene rings is 1. The lowest BCUT2D eigenvalue weighted by molar-refractivity contribution is -1.02. The summed E-state index contributed by atoms with van der Waals surface area (Å²) in [5.41, 5.74) is 1.30. The Bertz CT molecular complexity index is 476. The summed E-state index contributed by atoms with van der Waals surface area (Å²) < 4.78 is 16.4. The van der Waals surface area contributed by atoms with Gasteiger partial charge in [-0.25, -0.2) is 0 Å². The first-order chi connectivity index (χ1) is 11.8. The fourth-order valence-electron chi connectivity index (χ4n) is 3.16. The standard InChI is InChI=1S/C18H30N2O4/c1-3-24-18-14-16(4-5-17(18)22-2)15-20-8-6-19(7-9-20)10-12-23-13-11-21/h4-5,14,21H,3,6-13,15H2,1-2H3/p+2. The zero-order chi connectivity index (χ0) is 17.2. The number of aliphatic hydroxyl groups excluding tert-OH is 1. The lowest BCUT2D eigenvalue weighted by Crippen LogP contribution is -3.27. The van der Waals surface area contributed by atoms with Crippen molar-refractivity contribution in [2.45, 2.75) is 13.5 Å². The van der Waals surface area contributed by atoms with E-state index in [1.807, 2.05) is 13.0 Å². The Kier molecular flexibility index (Phi) is 8.32. The molecule has 0 aliphatic carbocycles. The van der Waals surface area contributed by atoms with Crippen LogP contribution in [0.15, 0.2) is 18.2 Å². The van der Waals surface area contributed by atoms with Gasteiger partial charge in [0.2, 0.25) is 0 Å². The average Bonchev–Trinajstić information content (AvgIpc) is 2.61. The van der Waals surface area contributed by atoms with Gasteiger partial charge in [0.1, 0.15) is 39.3 Å². The molecule has 1 aliphatic heterocycles. The van der Waals surface area contributed by atoms with E-state index in [4.69, 9.17) is 19.3 Å². The van der Waals surface area contributed by atoms with Crippen LogP contribution >= 0.6 is 0 Å². The largest absolute Gasteiger partial charge is 0.493 e. The van der Waals surface area contributed by atoms with Gasteiger partial charge in [-0.15, -0.1) is 0 Å². The third kappa shape index (κ3) is 5.94. The molecule has 1 aliphatic rings. The Balaban J connectivity index is 1.78. The third-order valence-electron chi connectivity index (χ3n) is 4.48. The SMILES string of the molecule is CCOc1cc(C[NH+]2CC[NH+](CCOCCO)CC2)ccc1OC. The monoisotopic (exact) mass is 340 g/mol. The van der Waals surface area contributed by atoms with Crippen LogP contribution < -0.4 is 19.3 Å². The maximum Gasteiger partial charge on any atom is 0.161 e. The van der Waals surface area contributed by atoms with Crippen molar-refractivity contribution in [3.05, 3.63) is 23.8 Å². The van der Waals surface area contributed by atoms with E-state index < -0.39 is 0 Å². The Morgan fingerprint density at radius 3 is 2.46 bits per heavy atom. The number of aliphatic hydroxyl groups is 1. The molecular formula is C18H32N2O4+2. The second-order valence-corrected chi connectivity index (χ2v) is 6.18. The normalized spacial score (nSPS) is 20.8. The molecule has 1 heterocycles. The first-order valence-corrected chi connectivity index (χ1v) is 8.92. The summed E-state index contributed by atoms with van der Waals surface area (Å²) in [5.74, 6) is 1.63. The smallest absolute Gasteiger partial charge is 0.161 e. The summed E-state index contributed by atoms with van der Waals surface area (Å²) in [6.45, 7) is 10.7. The number of quaternary nitrogens is 2. The van der Waals surface area contributed by atoms with Crippen molar-refractivity contribution < 1.29 is 29.1 Å². The molecule has 6 nitrogen and oxygen atoms in total. The Morgan fingerprint density at radius 2 is 1.79 bits per heavy atom. The van der Waals surface area contributed by atoms with Crippen molar-refractivity contribution in [2.75, 3.05) is 66.3 Å². The predicted octanol–water partition coefficient (Wildman–Crippen LogP) is -1.61. The minimum absolute atomic E-state index is 0.110. The minimum Gasteiger partial charge on any atom is -0.493 e. The zero-order valence-electron chi connectivity index (χ0n) is 15.0. The second-order valence-electron chi connectivity index (χ2n) is 6.18. The molecule has 0 bridgehead atoms. The lowest BCUT2D eigenvalue weighted by Gasteiger charge is -2.29. The van der Waals surface area contributed by atoms with Gasteiger partial charge in [-0.2, -0.15) is 0 Å². The number of nitrogens with one attached hydrogen (secondary N) is 2. The number of methoxy groups -OCH3 is 1. The van der Waals surface area contributed by atoms with Gasteiger partial charge in [-0.1, -0.05) is 0 Å². The second kappa shape index (κ2) is 10.5. The molecule has 2 rings (SSSR count). The van der Waals surface area contributed by atoms with Crippen LogP contribution in [0.2, 0.25) is 0 Å². The Labute approximate surface area is 144 Å². The maximum absolute atomic E-state index is 8.71. The number of ether oxygens (including phenoxy) is 3. The molecule has 24 heavy (non-hydrogen) atoms. The number of piperazine rings is 1. The van der Waals surface area contributed by atoms with E-state index in [1.165, 1.54) is 31.7 Å². The Hall–Kier alpha value is -1.34. The highest BCUT2D eigenvalue weighted by atomic mass is 16.5. The third-order valence-corrected chi connectivity index (χ3v) is 4.48. The van der Waals surface area contributed by atoms with Gasteiger partial charge < -0.3 is 29.1 Å². The average molecular weight is 340 g/mol. The van der Waals surface area contributed by atoms with Crippen molar-refractivity contribution in [3.63, 3.8) is 0 Å². The van der Waals surface area contributed by atoms with Crippen molar-refractivity contribution in [1.29, 1.82) is 0 Å². The van der Waals surface area contributed by atoms with E-state index in [1.54, 1.807) is 16.9 Å². The van der Waals surface area contributed by atoms with Crippen LogP contribution in [0.5, 0.6) is 11.5 Å². The van der Waals surface area contributed by atoms with Crippen LogP contribution in [-0.2, 0) is 11.3 Å². The van der Waals surface area contributed by atoms with Gasteiger partial charge in [0.25, 0.3) is 0 Å². The van der Waals surface area contributed by atoms with Gasteiger partial charge in [-0.05, 0) is 25.1 Å². The van der Waals surface area contributed by atoms with E-state index in [2.05, 4.69) is 12.1 Å². The summed E-state index contributed by atoms with van der Waals surface area (Å²) in [7, 11) is 1.68. The van der Waals surface area contributed by atoms with E-state index >= 15 is 0 Å². The number of hydrogen-bond acceptors (Lipinski definition) is 4. The van der Waals surface area contributed by atoms with E-state index in [0.717, 1.165) is 31.2 Å². The molecule has 3 N–H and O–H groups in total. The fourth-order valence-corrected chi connectivity index (χ4v) is 3.16. The Morgan fingerprint density at radius 1 is 1.04 bits per heavy atom. The van der Waals surface area contributed by atoms with E-state index in [0.29, 0.717) is 13.2 Å². The molecule has 1 aromatic rings. The minimum atomic E-state index is 0.110. The highest BCUT2D eigenvalue weighted by Gasteiger charge is 2.23. The summed E-state index contributed by atoms with van der Waals surface area (Å²) in [6, 6.07) is 6.24. The van der Waals surface area contributed by atoms with E-state index in [9.17, 15) is 0 Å². The maximum atomic E-state index is 8.71. The molecule has 1 fully saturated rings. The van der Waals surface area contributed by atoms with Gasteiger partial charge in [0.05, 0.1) is 33.5 Å². The molecule has 0 atom stereocenters. The first kappa shape index (κ1) is 19.0. The molecule has 0 amide bonds. The lowest BCUT2D eigenvalue weighted by atomic mass is 10.1. The van der Waals surface area contributed by atoms with Crippen LogP contribution in [0.1, 0.15) is 12.5 Å². The fraction of sp³-hybridized carbons (Fsp3) is 0.667. The molecule has 0 aromatic heterocycles. The molecular weight excluding hydrogens is 308 g/mol. The van der Waals surface area contributed by atoms with Crippen molar-refractivity contribution in [2.24, 2.45) is 0 Å². The van der Waals surface area contributed by atoms with Crippen molar-refractivity contribution in [3.8, 4) is 11.5 Å². The van der Waals surface area contributed by atoms with Crippen LogP contribution in [-0.4, -0.2) is 71.4 Å². The summed E-state index contributed by atoms with van der Waals surface area (Å²) in [5, 5.41) is 8.71. The van der Waals surface area contributed by atoms with Crippen LogP contribution in [0.3, 0.4) is 0 Å². The number of hydrogen-bond donors (Lipinski definition) is 3. The highest BCUT2D eigenvalue weighted by Crippen LogP contribution is 2.27. The van der Waals surface area contributed by atoms with E-state index in [-0.39, 0.29) is 6.61 Å². The van der Waals surface area contributed by atoms with Gasteiger partial charge in [0, 0.05) is 5.56 Å². The molecule has 0 saturated carbocycles. The highest BCUT2D eigenvalue weighted by molar-refractivity contribution is 5.42. The summed E-state index contributed by atoms with van der Waals surface area (Å²) >= 11 is 0. The van der Waals surface area contributed by atoms with Gasteiger partial charge in [-0.3, -0.25) is 0 Å². The first-order valence-electron chi connectivity index (χ1n) is 8.92. The molecule has 0 radical (unpaired) electrons. The molecule has 136 valence electrons. The summed E-state index contributed by atoms with van der Waals surface area (Å²) in [6.07, 6.45) is 0.